The topological polar surface area (TPSA) is 75.3 Å². The monoisotopic (exact) mass is 256 g/mol. The molecular formula is C12H17ClN2O2. The van der Waals surface area contributed by atoms with Crippen LogP contribution in [0.4, 0.5) is 5.69 Å². The Morgan fingerprint density at radius 1 is 1.53 bits per heavy atom. The number of hydrogen-bond donors (Lipinski definition) is 3. The maximum atomic E-state index is 12.0. The largest absolute Gasteiger partial charge is 0.398 e. The summed E-state index contributed by atoms with van der Waals surface area (Å²) in [7, 11) is 0. The number of aliphatic hydroxyl groups excluding tert-OH is 1. The zero-order valence-electron chi connectivity index (χ0n) is 9.96. The lowest BCUT2D eigenvalue weighted by atomic mass is 10.0. The third-order valence-corrected chi connectivity index (χ3v) is 2.78. The van der Waals surface area contributed by atoms with E-state index >= 15 is 0 Å². The van der Waals surface area contributed by atoms with Crippen molar-refractivity contribution in [2.24, 2.45) is 0 Å². The van der Waals surface area contributed by atoms with Gasteiger partial charge in [-0.1, -0.05) is 17.7 Å². The van der Waals surface area contributed by atoms with Crippen LogP contribution in [0.5, 0.6) is 0 Å². The number of benzene rings is 1. The lowest BCUT2D eigenvalue weighted by molar-refractivity contribution is 0.0900. The van der Waals surface area contributed by atoms with Gasteiger partial charge in [0, 0.05) is 17.8 Å². The second-order valence-corrected chi connectivity index (χ2v) is 4.92. The van der Waals surface area contributed by atoms with Crippen LogP contribution in [-0.4, -0.2) is 23.2 Å². The average molecular weight is 257 g/mol. The normalized spacial score (nSPS) is 11.3. The van der Waals surface area contributed by atoms with Crippen molar-refractivity contribution in [3.63, 3.8) is 0 Å². The molecule has 5 heteroatoms. The number of amides is 1. The first-order valence-corrected chi connectivity index (χ1v) is 5.72. The molecule has 0 aliphatic heterocycles. The number of nitrogen functional groups attached to an aromatic ring is 1. The molecule has 0 fully saturated rings. The van der Waals surface area contributed by atoms with Gasteiger partial charge in [0.25, 0.3) is 5.91 Å². The summed E-state index contributed by atoms with van der Waals surface area (Å²) < 4.78 is 0. The first-order chi connectivity index (χ1) is 7.87. The number of carbonyl (C=O) groups excluding carboxylic acids is 1. The third-order valence-electron chi connectivity index (χ3n) is 2.46. The second kappa shape index (κ2) is 5.38. The van der Waals surface area contributed by atoms with Crippen LogP contribution in [0.15, 0.2) is 18.2 Å². The van der Waals surface area contributed by atoms with Crippen LogP contribution in [0.2, 0.25) is 5.02 Å². The van der Waals surface area contributed by atoms with Gasteiger partial charge in [0.15, 0.2) is 0 Å². The van der Waals surface area contributed by atoms with E-state index in [9.17, 15) is 4.79 Å². The van der Waals surface area contributed by atoms with E-state index in [-0.39, 0.29) is 18.1 Å². The molecule has 94 valence electrons. The molecule has 0 spiro atoms. The Hall–Kier alpha value is -1.26. The Labute approximate surface area is 106 Å². The van der Waals surface area contributed by atoms with Crippen LogP contribution in [0, 0.1) is 0 Å². The predicted molar refractivity (Wildman–Crippen MR) is 69.1 cm³/mol. The average Bonchev–Trinajstić information content (AvgIpc) is 2.15. The van der Waals surface area contributed by atoms with Crippen molar-refractivity contribution >= 4 is 23.2 Å². The van der Waals surface area contributed by atoms with Gasteiger partial charge in [-0.05, 0) is 32.4 Å². The molecule has 4 N–H and O–H groups in total. The van der Waals surface area contributed by atoms with Gasteiger partial charge in [-0.2, -0.15) is 0 Å². The van der Waals surface area contributed by atoms with Crippen molar-refractivity contribution in [2.45, 2.75) is 25.8 Å². The van der Waals surface area contributed by atoms with Gasteiger partial charge in [-0.25, -0.2) is 0 Å². The summed E-state index contributed by atoms with van der Waals surface area (Å²) in [6.45, 7) is 3.66. The minimum atomic E-state index is -0.503. The summed E-state index contributed by atoms with van der Waals surface area (Å²) in [4.78, 5) is 12.0. The second-order valence-electron chi connectivity index (χ2n) is 4.52. The number of nitrogens with two attached hydrogens (primary N) is 1. The number of halogens is 1. The lowest BCUT2D eigenvalue weighted by Crippen LogP contribution is -2.44. The molecule has 0 atom stereocenters. The molecule has 17 heavy (non-hydrogen) atoms. The highest BCUT2D eigenvalue weighted by molar-refractivity contribution is 6.34. The van der Waals surface area contributed by atoms with Gasteiger partial charge in [-0.15, -0.1) is 0 Å². The zero-order valence-corrected chi connectivity index (χ0v) is 10.7. The van der Waals surface area contributed by atoms with Gasteiger partial charge < -0.3 is 16.2 Å². The van der Waals surface area contributed by atoms with Gasteiger partial charge in [0.05, 0.1) is 10.6 Å². The first-order valence-electron chi connectivity index (χ1n) is 5.35. The SMILES string of the molecule is CC(C)(CCO)NC(=O)c1c(N)cccc1Cl. The Kier molecular flexibility index (Phi) is 4.37. The zero-order chi connectivity index (χ0) is 13.1. The standard InChI is InChI=1S/C12H17ClN2O2/c1-12(2,6-7-16)15-11(17)10-8(13)4-3-5-9(10)14/h3-5,16H,6-7,14H2,1-2H3,(H,15,17). The summed E-state index contributed by atoms with van der Waals surface area (Å²) >= 11 is 5.94. The smallest absolute Gasteiger partial charge is 0.255 e. The Balaban J connectivity index is 2.91. The summed E-state index contributed by atoms with van der Waals surface area (Å²) in [5, 5.41) is 12.0. The lowest BCUT2D eigenvalue weighted by Gasteiger charge is -2.25. The predicted octanol–water partition coefficient (Wildman–Crippen LogP) is 1.81. The van der Waals surface area contributed by atoms with Gasteiger partial charge in [-0.3, -0.25) is 4.79 Å². The van der Waals surface area contributed by atoms with E-state index in [1.165, 1.54) is 0 Å². The van der Waals surface area contributed by atoms with E-state index in [0.717, 1.165) is 0 Å². The molecule has 0 heterocycles. The number of rotatable bonds is 4. The fourth-order valence-electron chi connectivity index (χ4n) is 1.49. The number of nitrogens with one attached hydrogen (secondary N) is 1. The van der Waals surface area contributed by atoms with Crippen molar-refractivity contribution < 1.29 is 9.90 Å². The molecule has 0 unspecified atom stereocenters. The maximum Gasteiger partial charge on any atom is 0.255 e. The first kappa shape index (κ1) is 13.8. The molecule has 0 bridgehead atoms. The minimum Gasteiger partial charge on any atom is -0.398 e. The molecule has 0 saturated heterocycles. The number of anilines is 1. The molecule has 1 amide bonds. The van der Waals surface area contributed by atoms with E-state index in [1.54, 1.807) is 18.2 Å². The van der Waals surface area contributed by atoms with Crippen LogP contribution in [0.1, 0.15) is 30.6 Å². The fraction of sp³-hybridized carbons (Fsp3) is 0.417. The Bertz CT molecular complexity index is 399. The van der Waals surface area contributed by atoms with Crippen LogP contribution in [0.25, 0.3) is 0 Å². The van der Waals surface area contributed by atoms with Crippen molar-refractivity contribution in [3.05, 3.63) is 28.8 Å². The summed E-state index contributed by atoms with van der Waals surface area (Å²) in [6, 6.07) is 4.93. The van der Waals surface area contributed by atoms with Crippen LogP contribution < -0.4 is 11.1 Å². The minimum absolute atomic E-state index is 0.00524. The van der Waals surface area contributed by atoms with Crippen molar-refractivity contribution in [1.82, 2.24) is 5.32 Å². The van der Waals surface area contributed by atoms with Crippen molar-refractivity contribution in [3.8, 4) is 0 Å². The summed E-state index contributed by atoms with van der Waals surface area (Å²) in [6.07, 6.45) is 0.461. The molecule has 0 aliphatic rings. The summed E-state index contributed by atoms with van der Waals surface area (Å²) in [5.41, 5.74) is 5.84. The molecule has 0 aromatic heterocycles. The molecule has 1 aromatic carbocycles. The van der Waals surface area contributed by atoms with E-state index in [2.05, 4.69) is 5.32 Å². The molecule has 0 radical (unpaired) electrons. The fourth-order valence-corrected chi connectivity index (χ4v) is 1.76. The summed E-state index contributed by atoms with van der Waals surface area (Å²) in [5.74, 6) is -0.327. The molecular weight excluding hydrogens is 240 g/mol. The van der Waals surface area contributed by atoms with E-state index in [4.69, 9.17) is 22.4 Å². The van der Waals surface area contributed by atoms with E-state index in [1.807, 2.05) is 13.8 Å². The van der Waals surface area contributed by atoms with Crippen LogP contribution >= 0.6 is 11.6 Å². The van der Waals surface area contributed by atoms with Crippen LogP contribution in [-0.2, 0) is 0 Å². The highest BCUT2D eigenvalue weighted by atomic mass is 35.5. The quantitative estimate of drug-likeness (QED) is 0.720. The number of hydrogen-bond acceptors (Lipinski definition) is 3. The molecule has 1 rings (SSSR count). The van der Waals surface area contributed by atoms with E-state index < -0.39 is 5.54 Å². The Morgan fingerprint density at radius 3 is 2.71 bits per heavy atom. The third kappa shape index (κ3) is 3.61. The molecule has 0 aliphatic carbocycles. The van der Waals surface area contributed by atoms with Gasteiger partial charge >= 0.3 is 0 Å². The van der Waals surface area contributed by atoms with Gasteiger partial charge in [0.1, 0.15) is 0 Å². The van der Waals surface area contributed by atoms with Crippen molar-refractivity contribution in [2.75, 3.05) is 12.3 Å². The highest BCUT2D eigenvalue weighted by Gasteiger charge is 2.23. The Morgan fingerprint density at radius 2 is 2.18 bits per heavy atom. The maximum absolute atomic E-state index is 12.0. The van der Waals surface area contributed by atoms with Crippen molar-refractivity contribution in [1.29, 1.82) is 0 Å². The van der Waals surface area contributed by atoms with E-state index in [0.29, 0.717) is 17.1 Å². The van der Waals surface area contributed by atoms with Crippen LogP contribution in [0.3, 0.4) is 0 Å². The van der Waals surface area contributed by atoms with Gasteiger partial charge in [0.2, 0.25) is 0 Å². The molecule has 1 aromatic rings. The highest BCUT2D eigenvalue weighted by Crippen LogP contribution is 2.22. The molecule has 4 nitrogen and oxygen atoms in total. The number of aliphatic hydroxyl groups is 1. The number of carbonyl (C=O) groups is 1. The molecule has 0 saturated carbocycles.